The quantitative estimate of drug-likeness (QED) is 0.751. The summed E-state index contributed by atoms with van der Waals surface area (Å²) in [6.07, 6.45) is 7.53. The maximum Gasteiger partial charge on any atom is 0.308 e. The number of carboxylic acid groups (broad SMARTS) is 1. The Balaban J connectivity index is 0.00000121. The third kappa shape index (κ3) is 4.26. The minimum absolute atomic E-state index is 0. The van der Waals surface area contributed by atoms with Gasteiger partial charge in [0.25, 0.3) is 0 Å². The summed E-state index contributed by atoms with van der Waals surface area (Å²) in [6.45, 7) is 0. The molecule has 1 rings (SSSR count). The largest absolute Gasteiger partial charge is 0.481 e. The smallest absolute Gasteiger partial charge is 0.308 e. The van der Waals surface area contributed by atoms with Crippen LogP contribution in [0.15, 0.2) is 34.6 Å². The molecule has 1 aliphatic rings. The van der Waals surface area contributed by atoms with Crippen LogP contribution in [0.3, 0.4) is 0 Å². The second kappa shape index (κ2) is 5.91. The van der Waals surface area contributed by atoms with Crippen molar-refractivity contribution in [3.63, 3.8) is 0 Å². The van der Waals surface area contributed by atoms with Crippen molar-refractivity contribution in [3.05, 3.63) is 34.6 Å². The van der Waals surface area contributed by atoms with Crippen molar-refractivity contribution in [1.82, 2.24) is 0 Å². The van der Waals surface area contributed by atoms with E-state index in [1.54, 1.807) is 0 Å². The molecule has 0 aliphatic carbocycles. The normalized spacial score (nSPS) is 14.5. The summed E-state index contributed by atoms with van der Waals surface area (Å²) in [6, 6.07) is 0. The molecule has 0 unspecified atom stereocenters. The standard InChI is InChI=1S/C8H8O2S.ClH/c9-8(10)6-7-4-2-1-3-5-11-7;/h1-5H,6H2,(H,9,10);1H. The van der Waals surface area contributed by atoms with E-state index in [0.717, 1.165) is 4.91 Å². The number of carbonyl (C=O) groups is 1. The van der Waals surface area contributed by atoms with Gasteiger partial charge in [-0.05, 0) is 5.41 Å². The lowest BCUT2D eigenvalue weighted by atomic mass is 10.3. The monoisotopic (exact) mass is 204 g/mol. The van der Waals surface area contributed by atoms with Gasteiger partial charge >= 0.3 is 5.97 Å². The highest BCUT2D eigenvalue weighted by atomic mass is 35.5. The van der Waals surface area contributed by atoms with Crippen LogP contribution < -0.4 is 0 Å². The summed E-state index contributed by atoms with van der Waals surface area (Å²) >= 11 is 1.45. The van der Waals surface area contributed by atoms with Crippen molar-refractivity contribution in [1.29, 1.82) is 0 Å². The van der Waals surface area contributed by atoms with Gasteiger partial charge in [0.2, 0.25) is 0 Å². The van der Waals surface area contributed by atoms with Crippen LogP contribution in [-0.2, 0) is 4.79 Å². The Bertz CT molecular complexity index is 243. The van der Waals surface area contributed by atoms with Gasteiger partial charge in [-0.1, -0.05) is 24.3 Å². The zero-order valence-corrected chi connectivity index (χ0v) is 7.90. The molecule has 0 fully saturated rings. The summed E-state index contributed by atoms with van der Waals surface area (Å²) in [5, 5.41) is 10.3. The maximum atomic E-state index is 10.3. The van der Waals surface area contributed by atoms with E-state index in [4.69, 9.17) is 5.11 Å². The molecular weight excluding hydrogens is 196 g/mol. The van der Waals surface area contributed by atoms with E-state index in [0.29, 0.717) is 0 Å². The molecule has 0 radical (unpaired) electrons. The minimum atomic E-state index is -0.785. The van der Waals surface area contributed by atoms with Gasteiger partial charge in [-0.15, -0.1) is 24.2 Å². The van der Waals surface area contributed by atoms with Gasteiger partial charge in [0, 0.05) is 4.91 Å². The van der Waals surface area contributed by atoms with Gasteiger partial charge in [0.05, 0.1) is 6.42 Å². The van der Waals surface area contributed by atoms with Crippen molar-refractivity contribution in [2.45, 2.75) is 6.42 Å². The highest BCUT2D eigenvalue weighted by Crippen LogP contribution is 2.22. The molecule has 0 spiro atoms. The predicted molar refractivity (Wildman–Crippen MR) is 53.5 cm³/mol. The van der Waals surface area contributed by atoms with Gasteiger partial charge in [0.15, 0.2) is 0 Å². The van der Waals surface area contributed by atoms with E-state index in [2.05, 4.69) is 0 Å². The topological polar surface area (TPSA) is 37.3 Å². The van der Waals surface area contributed by atoms with Gasteiger partial charge in [0.1, 0.15) is 0 Å². The zero-order chi connectivity index (χ0) is 8.10. The Kier molecular flexibility index (Phi) is 5.58. The molecule has 0 amide bonds. The average molecular weight is 205 g/mol. The SMILES string of the molecule is Cl.O=C(O)CC1=CC=CC=CS1. The van der Waals surface area contributed by atoms with Crippen LogP contribution in [0.4, 0.5) is 0 Å². The van der Waals surface area contributed by atoms with Crippen LogP contribution in [0.25, 0.3) is 0 Å². The number of rotatable bonds is 2. The fraction of sp³-hybridized carbons (Fsp3) is 0.125. The first kappa shape index (κ1) is 11.3. The number of hydrogen-bond donors (Lipinski definition) is 1. The summed E-state index contributed by atoms with van der Waals surface area (Å²) in [4.78, 5) is 11.1. The van der Waals surface area contributed by atoms with Crippen LogP contribution >= 0.6 is 24.2 Å². The van der Waals surface area contributed by atoms with E-state index in [-0.39, 0.29) is 18.8 Å². The summed E-state index contributed by atoms with van der Waals surface area (Å²) in [7, 11) is 0. The maximum absolute atomic E-state index is 10.3. The third-order valence-electron chi connectivity index (χ3n) is 1.13. The Morgan fingerprint density at radius 1 is 1.42 bits per heavy atom. The predicted octanol–water partition coefficient (Wildman–Crippen LogP) is 2.58. The lowest BCUT2D eigenvalue weighted by Crippen LogP contribution is -1.93. The second-order valence-corrected chi connectivity index (χ2v) is 3.07. The van der Waals surface area contributed by atoms with Crippen LogP contribution in [0.5, 0.6) is 0 Å². The van der Waals surface area contributed by atoms with Crippen LogP contribution in [0.2, 0.25) is 0 Å². The van der Waals surface area contributed by atoms with E-state index < -0.39 is 5.97 Å². The Labute approximate surface area is 81.5 Å². The number of allylic oxidation sites excluding steroid dienone is 4. The molecule has 12 heavy (non-hydrogen) atoms. The second-order valence-electron chi connectivity index (χ2n) is 2.03. The van der Waals surface area contributed by atoms with E-state index >= 15 is 0 Å². The molecule has 1 aliphatic heterocycles. The zero-order valence-electron chi connectivity index (χ0n) is 6.27. The lowest BCUT2D eigenvalue weighted by Gasteiger charge is -1.95. The number of carboxylic acids is 1. The highest BCUT2D eigenvalue weighted by Gasteiger charge is 2.02. The summed E-state index contributed by atoms with van der Waals surface area (Å²) in [5.74, 6) is -0.785. The first-order chi connectivity index (χ1) is 5.29. The first-order valence-corrected chi connectivity index (χ1v) is 4.08. The van der Waals surface area contributed by atoms with Crippen molar-refractivity contribution in [3.8, 4) is 0 Å². The molecule has 0 aromatic rings. The Morgan fingerprint density at radius 2 is 2.17 bits per heavy atom. The fourth-order valence-corrected chi connectivity index (χ4v) is 1.40. The molecule has 0 saturated carbocycles. The van der Waals surface area contributed by atoms with Crippen molar-refractivity contribution < 1.29 is 9.90 Å². The molecule has 66 valence electrons. The summed E-state index contributed by atoms with van der Waals surface area (Å²) in [5.41, 5.74) is 0. The van der Waals surface area contributed by atoms with Crippen molar-refractivity contribution in [2.75, 3.05) is 0 Å². The molecule has 2 nitrogen and oxygen atoms in total. The van der Waals surface area contributed by atoms with E-state index in [1.807, 2.05) is 29.7 Å². The van der Waals surface area contributed by atoms with Gasteiger partial charge in [-0.2, -0.15) is 0 Å². The lowest BCUT2D eigenvalue weighted by molar-refractivity contribution is -0.136. The van der Waals surface area contributed by atoms with Crippen LogP contribution in [-0.4, -0.2) is 11.1 Å². The van der Waals surface area contributed by atoms with Gasteiger partial charge in [-0.3, -0.25) is 4.79 Å². The van der Waals surface area contributed by atoms with Crippen LogP contribution in [0.1, 0.15) is 6.42 Å². The minimum Gasteiger partial charge on any atom is -0.481 e. The first-order valence-electron chi connectivity index (χ1n) is 3.20. The van der Waals surface area contributed by atoms with Crippen molar-refractivity contribution in [2.24, 2.45) is 0 Å². The highest BCUT2D eigenvalue weighted by molar-refractivity contribution is 8.05. The van der Waals surface area contributed by atoms with Gasteiger partial charge in [-0.25, -0.2) is 0 Å². The van der Waals surface area contributed by atoms with Gasteiger partial charge < -0.3 is 5.11 Å². The molecule has 0 atom stereocenters. The molecule has 0 bridgehead atoms. The van der Waals surface area contributed by atoms with E-state index in [9.17, 15) is 4.79 Å². The molecular formula is C8H9ClO2S. The Morgan fingerprint density at radius 3 is 2.83 bits per heavy atom. The Hall–Kier alpha value is -0.670. The molecule has 1 heterocycles. The molecule has 0 saturated heterocycles. The molecule has 0 aromatic carbocycles. The molecule has 4 heteroatoms. The van der Waals surface area contributed by atoms with E-state index in [1.165, 1.54) is 11.8 Å². The average Bonchev–Trinajstić information content (AvgIpc) is 2.14. The summed E-state index contributed by atoms with van der Waals surface area (Å²) < 4.78 is 0. The van der Waals surface area contributed by atoms with Crippen molar-refractivity contribution >= 4 is 30.1 Å². The van der Waals surface area contributed by atoms with Crippen LogP contribution in [0, 0.1) is 0 Å². The molecule has 0 aromatic heterocycles. The number of hydrogen-bond acceptors (Lipinski definition) is 2. The molecule has 1 N–H and O–H groups in total. The number of halogens is 1. The third-order valence-corrected chi connectivity index (χ3v) is 2.00. The number of thioether (sulfide) groups is 1. The number of aliphatic carboxylic acids is 1. The fourth-order valence-electron chi connectivity index (χ4n) is 0.688.